The molecule has 9 heteroatoms. The van der Waals surface area contributed by atoms with E-state index in [2.05, 4.69) is 64.6 Å². The molecule has 2 N–H and O–H groups in total. The van der Waals surface area contributed by atoms with E-state index >= 15 is 0 Å². The van der Waals surface area contributed by atoms with Crippen LogP contribution < -0.4 is 15.4 Å². The third-order valence-corrected chi connectivity index (χ3v) is 5.98. The van der Waals surface area contributed by atoms with E-state index in [0.29, 0.717) is 23.1 Å². The minimum Gasteiger partial charge on any atom is -0.480 e. The molecule has 2 aromatic rings. The second-order valence-corrected chi connectivity index (χ2v) is 9.76. The van der Waals surface area contributed by atoms with Gasteiger partial charge in [-0.15, -0.1) is 0 Å². The van der Waals surface area contributed by atoms with Crippen LogP contribution in [0.1, 0.15) is 54.2 Å². The molecule has 0 atom stereocenters. The van der Waals surface area contributed by atoms with Gasteiger partial charge in [0, 0.05) is 36.3 Å². The highest BCUT2D eigenvalue weighted by atomic mass is 32.2. The normalized spacial score (nSPS) is 14.0. The Bertz CT molecular complexity index is 1120. The monoisotopic (exact) mass is 495 g/mol. The van der Waals surface area contributed by atoms with Gasteiger partial charge in [0.1, 0.15) is 11.3 Å². The van der Waals surface area contributed by atoms with Gasteiger partial charge in [-0.05, 0) is 48.7 Å². The van der Waals surface area contributed by atoms with E-state index in [0.717, 1.165) is 36.3 Å². The number of hydrogen-bond donors (Lipinski definition) is 2. The Labute approximate surface area is 211 Å². The number of anilines is 1. The average Bonchev–Trinajstić information content (AvgIpc) is 2.85. The van der Waals surface area contributed by atoms with Crippen molar-refractivity contribution in [2.45, 2.75) is 39.5 Å². The van der Waals surface area contributed by atoms with Gasteiger partial charge in [-0.1, -0.05) is 45.0 Å². The van der Waals surface area contributed by atoms with Crippen LogP contribution in [0.25, 0.3) is 0 Å². The fourth-order valence-electron chi connectivity index (χ4n) is 3.42. The largest absolute Gasteiger partial charge is 0.480 e. The molecular weight excluding hydrogens is 462 g/mol. The third kappa shape index (κ3) is 7.08. The molecule has 1 aliphatic rings. The summed E-state index contributed by atoms with van der Waals surface area (Å²) in [6.45, 7) is 13.7. The van der Waals surface area contributed by atoms with Crippen molar-refractivity contribution in [2.24, 2.45) is 14.4 Å². The van der Waals surface area contributed by atoms with Gasteiger partial charge in [0.15, 0.2) is 17.7 Å². The van der Waals surface area contributed by atoms with Crippen LogP contribution in [0.2, 0.25) is 0 Å². The molecule has 0 radical (unpaired) electrons. The quantitative estimate of drug-likeness (QED) is 0.141. The van der Waals surface area contributed by atoms with Crippen LogP contribution in [0.5, 0.6) is 5.75 Å². The lowest BCUT2D eigenvalue weighted by Gasteiger charge is -2.19. The summed E-state index contributed by atoms with van der Waals surface area (Å²) in [6, 6.07) is 11.7. The number of guanidine groups is 1. The lowest BCUT2D eigenvalue weighted by molar-refractivity contribution is 0.0597. The molecule has 0 fully saturated rings. The zero-order valence-electron chi connectivity index (χ0n) is 21.0. The minimum absolute atomic E-state index is 0.0704. The molecule has 186 valence electrons. The van der Waals surface area contributed by atoms with Gasteiger partial charge in [0.2, 0.25) is 0 Å². The summed E-state index contributed by atoms with van der Waals surface area (Å²) in [5.74, 6) is 1.33. The molecule has 35 heavy (non-hydrogen) atoms. The summed E-state index contributed by atoms with van der Waals surface area (Å²) in [5, 5.41) is 6.46. The van der Waals surface area contributed by atoms with Crippen molar-refractivity contribution < 1.29 is 14.3 Å². The van der Waals surface area contributed by atoms with Crippen molar-refractivity contribution in [3.63, 3.8) is 0 Å². The van der Waals surface area contributed by atoms with Crippen LogP contribution in [0.15, 0.2) is 50.8 Å². The third-order valence-electron chi connectivity index (χ3n) is 5.46. The first-order valence-corrected chi connectivity index (χ1v) is 12.4. The summed E-state index contributed by atoms with van der Waals surface area (Å²) in [7, 11) is 1.35. The number of aliphatic imine (C=N–C) groups is 2. The van der Waals surface area contributed by atoms with Crippen LogP contribution in [0, 0.1) is 6.92 Å². The molecule has 0 saturated carbocycles. The van der Waals surface area contributed by atoms with E-state index in [1.807, 2.05) is 19.1 Å². The molecule has 1 aliphatic heterocycles. The number of ether oxygens (including phenoxy) is 2. The van der Waals surface area contributed by atoms with Gasteiger partial charge in [-0.3, -0.25) is 4.99 Å². The van der Waals surface area contributed by atoms with Crippen molar-refractivity contribution in [3.8, 4) is 5.75 Å². The minimum atomic E-state index is -0.484. The Hall–Kier alpha value is -3.33. The highest BCUT2D eigenvalue weighted by Crippen LogP contribution is 2.29. The molecule has 0 aliphatic carbocycles. The topological polar surface area (TPSA) is 96.7 Å². The zero-order chi connectivity index (χ0) is 25.4. The Morgan fingerprint density at radius 2 is 2.00 bits per heavy atom. The molecule has 0 saturated heterocycles. The van der Waals surface area contributed by atoms with Crippen LogP contribution in [0.3, 0.4) is 0 Å². The molecule has 0 amide bonds. The summed E-state index contributed by atoms with van der Waals surface area (Å²) in [4.78, 5) is 20.9. The number of amidine groups is 1. The predicted molar refractivity (Wildman–Crippen MR) is 145 cm³/mol. The number of aryl methyl sites for hydroxylation is 1. The van der Waals surface area contributed by atoms with E-state index in [9.17, 15) is 4.79 Å². The number of rotatable bonds is 7. The smallest absolute Gasteiger partial charge is 0.341 e. The lowest BCUT2D eigenvalue weighted by Crippen LogP contribution is -2.35. The van der Waals surface area contributed by atoms with E-state index in [-0.39, 0.29) is 11.4 Å². The summed E-state index contributed by atoms with van der Waals surface area (Å²) >= 11 is 1.19. The Kier molecular flexibility index (Phi) is 8.92. The Morgan fingerprint density at radius 1 is 1.26 bits per heavy atom. The predicted octanol–water partition coefficient (Wildman–Crippen LogP) is 4.97. The second-order valence-electron chi connectivity index (χ2n) is 9.08. The summed E-state index contributed by atoms with van der Waals surface area (Å²) < 4.78 is 15.3. The number of esters is 1. The number of benzene rings is 2. The van der Waals surface area contributed by atoms with E-state index < -0.39 is 5.97 Å². The lowest BCUT2D eigenvalue weighted by atomic mass is 9.87. The van der Waals surface area contributed by atoms with Crippen LogP contribution in [-0.2, 0) is 10.2 Å². The van der Waals surface area contributed by atoms with Crippen molar-refractivity contribution in [2.75, 3.05) is 31.5 Å². The standard InChI is InChI=1S/C26H33N5O3S/c1-17-14-22(20(24(32)33-6)15-21(17)30-25-28-12-7-13-29-25)34-16-35-31-23(27-5)18-8-10-19(11-9-18)26(2,3)4/h8-11,14-15H,5,7,12-13,16H2,1-4,6H3,(H2,28,29,30)/b31-23-. The van der Waals surface area contributed by atoms with Gasteiger partial charge in [-0.2, -0.15) is 4.40 Å². The number of methoxy groups -OCH3 is 1. The van der Waals surface area contributed by atoms with Crippen LogP contribution in [0.4, 0.5) is 5.69 Å². The first-order chi connectivity index (χ1) is 16.7. The molecule has 1 heterocycles. The highest BCUT2D eigenvalue weighted by Gasteiger charge is 2.18. The molecule has 0 aromatic heterocycles. The van der Waals surface area contributed by atoms with Gasteiger partial charge in [-0.25, -0.2) is 9.79 Å². The van der Waals surface area contributed by atoms with Crippen molar-refractivity contribution in [1.29, 1.82) is 0 Å². The maximum atomic E-state index is 12.4. The van der Waals surface area contributed by atoms with E-state index in [1.165, 1.54) is 24.6 Å². The molecule has 0 spiro atoms. The van der Waals surface area contributed by atoms with Crippen LogP contribution >= 0.6 is 11.9 Å². The van der Waals surface area contributed by atoms with Gasteiger partial charge < -0.3 is 20.1 Å². The zero-order valence-corrected chi connectivity index (χ0v) is 21.8. The number of hydrogen-bond acceptors (Lipinski definition) is 8. The fraction of sp³-hybridized carbons (Fsp3) is 0.385. The SMILES string of the molecule is C=N/C(=N\SCOc1cc(C)c(NC2=NCCCN2)cc1C(=O)OC)c1ccc(C(C)(C)C)cc1. The van der Waals surface area contributed by atoms with Crippen molar-refractivity contribution in [3.05, 3.63) is 58.7 Å². The molecule has 3 rings (SSSR count). The van der Waals surface area contributed by atoms with Crippen molar-refractivity contribution in [1.82, 2.24) is 5.32 Å². The maximum absolute atomic E-state index is 12.4. The number of carbonyl (C=O) groups is 1. The highest BCUT2D eigenvalue weighted by molar-refractivity contribution is 7.98. The van der Waals surface area contributed by atoms with Crippen LogP contribution in [-0.4, -0.2) is 50.6 Å². The summed E-state index contributed by atoms with van der Waals surface area (Å²) in [5.41, 5.74) is 4.16. The first kappa shape index (κ1) is 26.3. The van der Waals surface area contributed by atoms with Gasteiger partial charge in [0.25, 0.3) is 0 Å². The maximum Gasteiger partial charge on any atom is 0.341 e. The van der Waals surface area contributed by atoms with Crippen molar-refractivity contribution >= 4 is 42.1 Å². The molecule has 2 aromatic carbocycles. The summed E-state index contributed by atoms with van der Waals surface area (Å²) in [6.07, 6.45) is 0.996. The van der Waals surface area contributed by atoms with Gasteiger partial charge >= 0.3 is 5.97 Å². The van der Waals surface area contributed by atoms with E-state index in [4.69, 9.17) is 9.47 Å². The molecule has 0 bridgehead atoms. The van der Waals surface area contributed by atoms with E-state index in [1.54, 1.807) is 12.1 Å². The number of nitrogens with zero attached hydrogens (tertiary/aromatic N) is 3. The molecular formula is C26H33N5O3S. The number of nitrogens with one attached hydrogen (secondary N) is 2. The fourth-order valence-corrected chi connectivity index (χ4v) is 3.94. The molecule has 8 nitrogen and oxygen atoms in total. The van der Waals surface area contributed by atoms with Gasteiger partial charge in [0.05, 0.1) is 7.11 Å². The first-order valence-electron chi connectivity index (χ1n) is 11.4. The Morgan fingerprint density at radius 3 is 2.60 bits per heavy atom. The molecule has 0 unspecified atom stereocenters. The number of carbonyl (C=O) groups excluding carboxylic acids is 1. The average molecular weight is 496 g/mol. The Balaban J connectivity index is 1.71. The second kappa shape index (κ2) is 11.9.